The molecule has 0 spiro atoms. The molecule has 0 radical (unpaired) electrons. The van der Waals surface area contributed by atoms with Crippen LogP contribution in [0.5, 0.6) is 0 Å². The second-order valence-electron chi connectivity index (χ2n) is 8.14. The summed E-state index contributed by atoms with van der Waals surface area (Å²) in [4.78, 5) is 20.2. The average Bonchev–Trinajstić information content (AvgIpc) is 3.07. The van der Waals surface area contributed by atoms with Crippen molar-refractivity contribution in [3.05, 3.63) is 59.4 Å². The van der Waals surface area contributed by atoms with E-state index in [9.17, 15) is 4.79 Å². The number of carbonyl (C=O) groups is 1. The van der Waals surface area contributed by atoms with E-state index in [0.29, 0.717) is 0 Å². The first-order valence-electron chi connectivity index (χ1n) is 10.6. The summed E-state index contributed by atoms with van der Waals surface area (Å²) in [5.74, 6) is 1.24. The van der Waals surface area contributed by atoms with Crippen molar-refractivity contribution in [1.29, 1.82) is 0 Å². The van der Waals surface area contributed by atoms with Gasteiger partial charge in [0.2, 0.25) is 5.91 Å². The molecule has 3 aromatic rings. The van der Waals surface area contributed by atoms with Crippen molar-refractivity contribution >= 4 is 22.6 Å². The number of hydrogen-bond acceptors (Lipinski definition) is 3. The monoisotopic (exact) mass is 390 g/mol. The number of anilines is 1. The molecule has 0 saturated carbocycles. The Morgan fingerprint density at radius 1 is 1.21 bits per heavy atom. The summed E-state index contributed by atoms with van der Waals surface area (Å²) < 4.78 is 2.29. The molecule has 5 heteroatoms. The maximum atomic E-state index is 12.9. The molecule has 1 aliphatic rings. The first-order chi connectivity index (χ1) is 14.0. The summed E-state index contributed by atoms with van der Waals surface area (Å²) in [6.45, 7) is 9.74. The van der Waals surface area contributed by atoms with Crippen molar-refractivity contribution in [3.8, 4) is 0 Å². The van der Waals surface area contributed by atoms with Crippen LogP contribution in [0.25, 0.3) is 11.0 Å². The summed E-state index contributed by atoms with van der Waals surface area (Å²) in [5.41, 5.74) is 5.43. The number of nitrogens with zero attached hydrogens (tertiary/aromatic N) is 3. The number of nitrogens with one attached hydrogen (secondary N) is 1. The van der Waals surface area contributed by atoms with Gasteiger partial charge < -0.3 is 9.88 Å². The summed E-state index contributed by atoms with van der Waals surface area (Å²) in [6.07, 6.45) is 1.98. The lowest BCUT2D eigenvalue weighted by atomic mass is 9.96. The quantitative estimate of drug-likeness (QED) is 0.697. The standard InChI is InChI=1S/C24H30N4O/c1-4-28-22-10-6-5-9-20(22)25-23(28)16-27-13-7-8-19(15-27)24(29)26-21-14-17(2)11-12-18(21)3/h5-6,9-12,14,19H,4,7-8,13,15-16H2,1-3H3,(H,26,29)/t19-/m1/s1. The number of piperidine rings is 1. The molecule has 0 aliphatic carbocycles. The van der Waals surface area contributed by atoms with Gasteiger partial charge >= 0.3 is 0 Å². The number of benzene rings is 2. The molecule has 2 aromatic carbocycles. The largest absolute Gasteiger partial charge is 0.327 e. The molecule has 1 aliphatic heterocycles. The minimum absolute atomic E-state index is 0.0168. The average molecular weight is 391 g/mol. The van der Waals surface area contributed by atoms with Crippen LogP contribution in [-0.2, 0) is 17.9 Å². The fourth-order valence-corrected chi connectivity index (χ4v) is 4.32. The highest BCUT2D eigenvalue weighted by Gasteiger charge is 2.27. The van der Waals surface area contributed by atoms with Gasteiger partial charge in [-0.2, -0.15) is 0 Å². The maximum Gasteiger partial charge on any atom is 0.228 e. The Bertz CT molecular complexity index is 1020. The van der Waals surface area contributed by atoms with Crippen molar-refractivity contribution in [2.24, 2.45) is 5.92 Å². The van der Waals surface area contributed by atoms with Crippen molar-refractivity contribution in [2.45, 2.75) is 46.7 Å². The van der Waals surface area contributed by atoms with Crippen LogP contribution in [0.4, 0.5) is 5.69 Å². The Hall–Kier alpha value is -2.66. The van der Waals surface area contributed by atoms with Gasteiger partial charge in [-0.05, 0) is 69.5 Å². The van der Waals surface area contributed by atoms with Crippen LogP contribution in [0.2, 0.25) is 0 Å². The number of hydrogen-bond donors (Lipinski definition) is 1. The first-order valence-corrected chi connectivity index (χ1v) is 10.6. The fourth-order valence-electron chi connectivity index (χ4n) is 4.32. The normalized spacial score (nSPS) is 17.6. The van der Waals surface area contributed by atoms with Gasteiger partial charge in [0, 0.05) is 18.8 Å². The lowest BCUT2D eigenvalue weighted by molar-refractivity contribution is -0.121. The molecule has 1 amide bonds. The molecule has 5 nitrogen and oxygen atoms in total. The Morgan fingerprint density at radius 3 is 2.86 bits per heavy atom. The second-order valence-corrected chi connectivity index (χ2v) is 8.14. The van der Waals surface area contributed by atoms with E-state index in [0.717, 1.165) is 67.2 Å². The second kappa shape index (κ2) is 8.37. The molecule has 152 valence electrons. The fraction of sp³-hybridized carbons (Fsp3) is 0.417. The number of likely N-dealkylation sites (tertiary alicyclic amines) is 1. The molecule has 1 N–H and O–H groups in total. The molecular weight excluding hydrogens is 360 g/mol. The van der Waals surface area contributed by atoms with Gasteiger partial charge in [-0.1, -0.05) is 24.3 Å². The molecule has 4 rings (SSSR count). The molecule has 29 heavy (non-hydrogen) atoms. The molecule has 2 heterocycles. The zero-order valence-corrected chi connectivity index (χ0v) is 17.6. The van der Waals surface area contributed by atoms with Crippen molar-refractivity contribution in [2.75, 3.05) is 18.4 Å². The Morgan fingerprint density at radius 2 is 2.03 bits per heavy atom. The maximum absolute atomic E-state index is 12.9. The number of aromatic nitrogens is 2. The number of aryl methyl sites for hydroxylation is 3. The van der Waals surface area contributed by atoms with Gasteiger partial charge in [0.15, 0.2) is 0 Å². The minimum atomic E-state index is 0.0168. The highest BCUT2D eigenvalue weighted by Crippen LogP contribution is 2.24. The lowest BCUT2D eigenvalue weighted by Crippen LogP contribution is -2.40. The van der Waals surface area contributed by atoms with E-state index in [1.807, 2.05) is 13.0 Å². The predicted molar refractivity (Wildman–Crippen MR) is 118 cm³/mol. The molecule has 1 aromatic heterocycles. The third-order valence-electron chi connectivity index (χ3n) is 5.94. The molecule has 1 fully saturated rings. The highest BCUT2D eigenvalue weighted by molar-refractivity contribution is 5.93. The van der Waals surface area contributed by atoms with Crippen LogP contribution in [0.1, 0.15) is 36.7 Å². The molecule has 0 bridgehead atoms. The number of carbonyl (C=O) groups excluding carboxylic acids is 1. The number of fused-ring (bicyclic) bond motifs is 1. The number of para-hydroxylation sites is 2. The highest BCUT2D eigenvalue weighted by atomic mass is 16.1. The van der Waals surface area contributed by atoms with Gasteiger partial charge in [-0.15, -0.1) is 0 Å². The van der Waals surface area contributed by atoms with E-state index in [1.165, 1.54) is 5.52 Å². The smallest absolute Gasteiger partial charge is 0.228 e. The van der Waals surface area contributed by atoms with Gasteiger partial charge in [-0.3, -0.25) is 9.69 Å². The van der Waals surface area contributed by atoms with E-state index in [1.54, 1.807) is 0 Å². The first kappa shape index (κ1) is 19.6. The van der Waals surface area contributed by atoms with Crippen molar-refractivity contribution < 1.29 is 4.79 Å². The van der Waals surface area contributed by atoms with Crippen LogP contribution in [0.3, 0.4) is 0 Å². The zero-order chi connectivity index (χ0) is 20.4. The Labute approximate surface area is 172 Å². The van der Waals surface area contributed by atoms with Gasteiger partial charge in [-0.25, -0.2) is 4.98 Å². The van der Waals surface area contributed by atoms with Crippen LogP contribution in [-0.4, -0.2) is 33.4 Å². The van der Waals surface area contributed by atoms with Crippen molar-refractivity contribution in [1.82, 2.24) is 14.5 Å². The van der Waals surface area contributed by atoms with Crippen LogP contribution < -0.4 is 5.32 Å². The lowest BCUT2D eigenvalue weighted by Gasteiger charge is -2.32. The molecular formula is C24H30N4O. The van der Waals surface area contributed by atoms with E-state index >= 15 is 0 Å². The molecule has 1 atom stereocenters. The third-order valence-corrected chi connectivity index (χ3v) is 5.94. The SMILES string of the molecule is CCn1c(CN2CCC[C@@H](C(=O)Nc3cc(C)ccc3C)C2)nc2ccccc21. The Kier molecular flexibility index (Phi) is 5.67. The third kappa shape index (κ3) is 4.20. The van der Waals surface area contributed by atoms with Crippen LogP contribution >= 0.6 is 0 Å². The number of rotatable bonds is 5. The summed E-state index contributed by atoms with van der Waals surface area (Å²) >= 11 is 0. The van der Waals surface area contributed by atoms with E-state index in [2.05, 4.69) is 65.0 Å². The Balaban J connectivity index is 1.46. The zero-order valence-electron chi connectivity index (χ0n) is 17.6. The predicted octanol–water partition coefficient (Wildman–Crippen LogP) is 4.52. The molecule has 1 saturated heterocycles. The van der Waals surface area contributed by atoms with E-state index in [4.69, 9.17) is 4.98 Å². The van der Waals surface area contributed by atoms with Gasteiger partial charge in [0.1, 0.15) is 5.82 Å². The van der Waals surface area contributed by atoms with Gasteiger partial charge in [0.05, 0.1) is 23.5 Å². The topological polar surface area (TPSA) is 50.2 Å². The summed E-state index contributed by atoms with van der Waals surface area (Å²) in [5, 5.41) is 3.16. The van der Waals surface area contributed by atoms with Crippen molar-refractivity contribution in [3.63, 3.8) is 0 Å². The van der Waals surface area contributed by atoms with Crippen LogP contribution in [0.15, 0.2) is 42.5 Å². The summed E-state index contributed by atoms with van der Waals surface area (Å²) in [7, 11) is 0. The number of imidazole rings is 1. The van der Waals surface area contributed by atoms with Gasteiger partial charge in [0.25, 0.3) is 0 Å². The molecule has 0 unspecified atom stereocenters. The summed E-state index contributed by atoms with van der Waals surface area (Å²) in [6, 6.07) is 14.5. The minimum Gasteiger partial charge on any atom is -0.327 e. The number of amides is 1. The van der Waals surface area contributed by atoms with E-state index in [-0.39, 0.29) is 11.8 Å². The van der Waals surface area contributed by atoms with Crippen LogP contribution in [0, 0.1) is 19.8 Å². The van der Waals surface area contributed by atoms with E-state index < -0.39 is 0 Å².